The lowest BCUT2D eigenvalue weighted by Crippen LogP contribution is -2.49. The van der Waals surface area contributed by atoms with E-state index in [1.807, 2.05) is 0 Å². The van der Waals surface area contributed by atoms with E-state index in [4.69, 9.17) is 4.74 Å². The third-order valence-electron chi connectivity index (χ3n) is 1.94. The highest BCUT2D eigenvalue weighted by atomic mass is 16.5. The van der Waals surface area contributed by atoms with Crippen LogP contribution in [0.5, 0.6) is 0 Å². The van der Waals surface area contributed by atoms with Crippen LogP contribution in [0.25, 0.3) is 0 Å². The van der Waals surface area contributed by atoms with E-state index >= 15 is 0 Å². The minimum absolute atomic E-state index is 0.0199. The van der Waals surface area contributed by atoms with Gasteiger partial charge >= 0.3 is 5.97 Å². The third-order valence-corrected chi connectivity index (χ3v) is 1.94. The molecule has 0 aromatic heterocycles. The lowest BCUT2D eigenvalue weighted by molar-refractivity contribution is -0.152. The molecule has 1 saturated heterocycles. The average molecular weight is 141 g/mol. The van der Waals surface area contributed by atoms with Crippen molar-refractivity contribution in [3.63, 3.8) is 0 Å². The second kappa shape index (κ2) is 2.23. The molecule has 3 nitrogen and oxygen atoms in total. The molecule has 0 unspecified atom stereocenters. The molecule has 0 atom stereocenters. The summed E-state index contributed by atoms with van der Waals surface area (Å²) in [5.74, 6) is 0.270. The van der Waals surface area contributed by atoms with Crippen LogP contribution < -0.4 is 5.32 Å². The minimum atomic E-state index is 0.0199. The molecule has 1 saturated carbocycles. The molecule has 56 valence electrons. The van der Waals surface area contributed by atoms with Crippen molar-refractivity contribution in [2.45, 2.75) is 18.9 Å². The van der Waals surface area contributed by atoms with Gasteiger partial charge in [-0.1, -0.05) is 0 Å². The molecule has 0 bridgehead atoms. The summed E-state index contributed by atoms with van der Waals surface area (Å²) in [6.07, 6.45) is 2.26. The molecular formula is C7H11NO2. The monoisotopic (exact) mass is 141 g/mol. The maximum atomic E-state index is 11.0. The van der Waals surface area contributed by atoms with Crippen molar-refractivity contribution in [3.05, 3.63) is 0 Å². The Hall–Kier alpha value is -0.570. The van der Waals surface area contributed by atoms with Crippen LogP contribution in [-0.2, 0) is 9.53 Å². The molecule has 0 spiro atoms. The smallest absolute Gasteiger partial charge is 0.309 e. The van der Waals surface area contributed by atoms with Crippen LogP contribution >= 0.6 is 0 Å². The van der Waals surface area contributed by atoms with Gasteiger partial charge in [0.05, 0.1) is 5.92 Å². The molecule has 0 aromatic carbocycles. The van der Waals surface area contributed by atoms with Crippen LogP contribution in [0.3, 0.4) is 0 Å². The Balaban J connectivity index is 1.72. The highest BCUT2D eigenvalue weighted by Crippen LogP contribution is 2.30. The van der Waals surface area contributed by atoms with Crippen molar-refractivity contribution in [2.24, 2.45) is 5.92 Å². The number of hydrogen-bond donors (Lipinski definition) is 1. The Labute approximate surface area is 59.7 Å². The first kappa shape index (κ1) is 6.16. The summed E-state index contributed by atoms with van der Waals surface area (Å²) < 4.78 is 5.11. The Morgan fingerprint density at radius 1 is 1.40 bits per heavy atom. The number of carbonyl (C=O) groups excluding carboxylic acids is 1. The summed E-state index contributed by atoms with van der Waals surface area (Å²) in [5.41, 5.74) is 0. The molecule has 1 N–H and O–H groups in total. The van der Waals surface area contributed by atoms with E-state index in [0.717, 1.165) is 25.9 Å². The second-order valence-corrected chi connectivity index (χ2v) is 2.99. The molecule has 2 rings (SSSR count). The summed E-state index contributed by atoms with van der Waals surface area (Å²) in [5, 5.41) is 3.05. The van der Waals surface area contributed by atoms with Gasteiger partial charge in [0.15, 0.2) is 0 Å². The van der Waals surface area contributed by atoms with Crippen molar-refractivity contribution in [1.29, 1.82) is 0 Å². The number of carbonyl (C=O) groups is 1. The van der Waals surface area contributed by atoms with Gasteiger partial charge in [-0.2, -0.15) is 0 Å². The summed E-state index contributed by atoms with van der Waals surface area (Å²) >= 11 is 0. The molecular weight excluding hydrogens is 130 g/mol. The third kappa shape index (κ3) is 1.14. The molecule has 0 aromatic rings. The van der Waals surface area contributed by atoms with Crippen molar-refractivity contribution in [1.82, 2.24) is 5.32 Å². The van der Waals surface area contributed by atoms with E-state index in [9.17, 15) is 4.79 Å². The van der Waals surface area contributed by atoms with Crippen LogP contribution in [-0.4, -0.2) is 25.2 Å². The van der Waals surface area contributed by atoms with E-state index < -0.39 is 0 Å². The molecule has 10 heavy (non-hydrogen) atoms. The largest absolute Gasteiger partial charge is 0.459 e. The Morgan fingerprint density at radius 2 is 2.10 bits per heavy atom. The molecule has 1 heterocycles. The first-order valence-corrected chi connectivity index (χ1v) is 3.77. The first-order valence-electron chi connectivity index (χ1n) is 3.77. The zero-order valence-electron chi connectivity index (χ0n) is 5.80. The molecule has 2 fully saturated rings. The van der Waals surface area contributed by atoms with Crippen LogP contribution in [0.15, 0.2) is 0 Å². The van der Waals surface area contributed by atoms with E-state index in [-0.39, 0.29) is 18.0 Å². The summed E-state index contributed by atoms with van der Waals surface area (Å²) in [7, 11) is 0. The Bertz CT molecular complexity index is 150. The SMILES string of the molecule is O=C(OC1CNC1)C1CC1. The fraction of sp³-hybridized carbons (Fsp3) is 0.857. The van der Waals surface area contributed by atoms with Gasteiger partial charge in [0.1, 0.15) is 6.10 Å². The van der Waals surface area contributed by atoms with E-state index in [1.54, 1.807) is 0 Å². The summed E-state index contributed by atoms with van der Waals surface area (Å²) in [6, 6.07) is 0. The quantitative estimate of drug-likeness (QED) is 0.546. The zero-order chi connectivity index (χ0) is 6.97. The Morgan fingerprint density at radius 3 is 2.50 bits per heavy atom. The van der Waals surface area contributed by atoms with Gasteiger partial charge in [0.25, 0.3) is 0 Å². The second-order valence-electron chi connectivity index (χ2n) is 2.99. The molecule has 1 aliphatic heterocycles. The number of rotatable bonds is 2. The van der Waals surface area contributed by atoms with E-state index in [0.29, 0.717) is 0 Å². The van der Waals surface area contributed by atoms with Crippen LogP contribution in [0, 0.1) is 5.92 Å². The Kier molecular flexibility index (Phi) is 1.38. The standard InChI is InChI=1S/C7H11NO2/c9-7(5-1-2-5)10-6-3-8-4-6/h5-6,8H,1-4H2. The number of nitrogens with one attached hydrogen (secondary N) is 1. The van der Waals surface area contributed by atoms with Crippen molar-refractivity contribution in [3.8, 4) is 0 Å². The fourth-order valence-electron chi connectivity index (χ4n) is 0.925. The number of esters is 1. The molecule has 0 radical (unpaired) electrons. The molecule has 2 aliphatic rings. The maximum absolute atomic E-state index is 11.0. The van der Waals surface area contributed by atoms with Crippen LogP contribution in [0.1, 0.15) is 12.8 Å². The molecule has 0 amide bonds. The summed E-state index contributed by atoms with van der Waals surface area (Å²) in [6.45, 7) is 1.69. The summed E-state index contributed by atoms with van der Waals surface area (Å²) in [4.78, 5) is 11.0. The predicted molar refractivity (Wildman–Crippen MR) is 35.5 cm³/mol. The first-order chi connectivity index (χ1) is 4.86. The van der Waals surface area contributed by atoms with Gasteiger partial charge in [-0.15, -0.1) is 0 Å². The average Bonchev–Trinajstić information content (AvgIpc) is 2.58. The maximum Gasteiger partial charge on any atom is 0.309 e. The van der Waals surface area contributed by atoms with Crippen LogP contribution in [0.2, 0.25) is 0 Å². The topological polar surface area (TPSA) is 38.3 Å². The van der Waals surface area contributed by atoms with Gasteiger partial charge in [-0.05, 0) is 12.8 Å². The lowest BCUT2D eigenvalue weighted by Gasteiger charge is -2.26. The fourth-order valence-corrected chi connectivity index (χ4v) is 0.925. The lowest BCUT2D eigenvalue weighted by atomic mass is 10.2. The minimum Gasteiger partial charge on any atom is -0.459 e. The highest BCUT2D eigenvalue weighted by molar-refractivity contribution is 5.75. The number of ether oxygens (including phenoxy) is 1. The van der Waals surface area contributed by atoms with Crippen LogP contribution in [0.4, 0.5) is 0 Å². The van der Waals surface area contributed by atoms with Gasteiger partial charge < -0.3 is 10.1 Å². The predicted octanol–water partition coefficient (Wildman–Crippen LogP) is -0.0886. The molecule has 1 aliphatic carbocycles. The van der Waals surface area contributed by atoms with Gasteiger partial charge in [-0.3, -0.25) is 4.79 Å². The normalized spacial score (nSPS) is 25.6. The molecule has 3 heteroatoms. The van der Waals surface area contributed by atoms with E-state index in [2.05, 4.69) is 5.32 Å². The zero-order valence-corrected chi connectivity index (χ0v) is 5.80. The van der Waals surface area contributed by atoms with E-state index in [1.165, 1.54) is 0 Å². The van der Waals surface area contributed by atoms with Gasteiger partial charge in [0, 0.05) is 13.1 Å². The van der Waals surface area contributed by atoms with Crippen molar-refractivity contribution in [2.75, 3.05) is 13.1 Å². The van der Waals surface area contributed by atoms with Gasteiger partial charge in [0.2, 0.25) is 0 Å². The van der Waals surface area contributed by atoms with Crippen molar-refractivity contribution >= 4 is 5.97 Å². The van der Waals surface area contributed by atoms with Crippen molar-refractivity contribution < 1.29 is 9.53 Å². The highest BCUT2D eigenvalue weighted by Gasteiger charge is 2.33. The van der Waals surface area contributed by atoms with Gasteiger partial charge in [-0.25, -0.2) is 0 Å². The number of hydrogen-bond acceptors (Lipinski definition) is 3.